The van der Waals surface area contributed by atoms with E-state index in [0.717, 1.165) is 38.4 Å². The zero-order valence-corrected chi connectivity index (χ0v) is 17.1. The van der Waals surface area contributed by atoms with Crippen LogP contribution in [0.25, 0.3) is 0 Å². The summed E-state index contributed by atoms with van der Waals surface area (Å²) in [6, 6.07) is 11.0. The van der Waals surface area contributed by atoms with Crippen molar-refractivity contribution in [1.29, 1.82) is 0 Å². The molecule has 2 heterocycles. The van der Waals surface area contributed by atoms with Crippen LogP contribution in [0.15, 0.2) is 47.6 Å². The fraction of sp³-hybridized carbons (Fsp3) is 0.421. The Balaban J connectivity index is 0.00000225. The van der Waals surface area contributed by atoms with Gasteiger partial charge in [0.05, 0.1) is 6.54 Å². The maximum absolute atomic E-state index is 13.0. The van der Waals surface area contributed by atoms with E-state index in [0.29, 0.717) is 5.92 Å². The zero-order chi connectivity index (χ0) is 16.9. The van der Waals surface area contributed by atoms with Gasteiger partial charge in [-0.2, -0.15) is 0 Å². The van der Waals surface area contributed by atoms with Gasteiger partial charge >= 0.3 is 0 Å². The van der Waals surface area contributed by atoms with Crippen molar-refractivity contribution in [2.75, 3.05) is 20.1 Å². The number of halogens is 2. The molecule has 1 aromatic heterocycles. The minimum atomic E-state index is -0.169. The van der Waals surface area contributed by atoms with Gasteiger partial charge in [-0.15, -0.1) is 24.0 Å². The quantitative estimate of drug-likeness (QED) is 0.435. The van der Waals surface area contributed by atoms with E-state index >= 15 is 0 Å². The van der Waals surface area contributed by atoms with Crippen molar-refractivity contribution < 1.29 is 4.39 Å². The second kappa shape index (κ2) is 9.22. The normalized spacial score (nSPS) is 17.5. The minimum Gasteiger partial charge on any atom is -0.353 e. The average Bonchev–Trinajstić information content (AvgIpc) is 3.20. The van der Waals surface area contributed by atoms with E-state index in [9.17, 15) is 4.39 Å². The van der Waals surface area contributed by atoms with Crippen LogP contribution in [0.2, 0.25) is 0 Å². The summed E-state index contributed by atoms with van der Waals surface area (Å²) in [7, 11) is 3.88. The van der Waals surface area contributed by atoms with Crippen LogP contribution in [-0.4, -0.2) is 35.6 Å². The molecular formula is C19H26FIN4. The van der Waals surface area contributed by atoms with Crippen LogP contribution in [0, 0.1) is 11.7 Å². The van der Waals surface area contributed by atoms with Crippen LogP contribution in [0.4, 0.5) is 4.39 Å². The Morgan fingerprint density at radius 1 is 1.28 bits per heavy atom. The molecule has 136 valence electrons. The van der Waals surface area contributed by atoms with E-state index in [-0.39, 0.29) is 29.8 Å². The number of aromatic nitrogens is 1. The molecule has 0 saturated carbocycles. The third-order valence-corrected chi connectivity index (χ3v) is 4.71. The molecule has 25 heavy (non-hydrogen) atoms. The summed E-state index contributed by atoms with van der Waals surface area (Å²) in [5.41, 5.74) is 2.44. The largest absolute Gasteiger partial charge is 0.353 e. The number of benzene rings is 1. The molecule has 0 radical (unpaired) electrons. The van der Waals surface area contributed by atoms with Crippen molar-refractivity contribution in [3.05, 3.63) is 59.7 Å². The molecule has 1 atom stereocenters. The van der Waals surface area contributed by atoms with Gasteiger partial charge in [-0.05, 0) is 48.6 Å². The lowest BCUT2D eigenvalue weighted by atomic mass is 9.99. The van der Waals surface area contributed by atoms with Gasteiger partial charge in [0.25, 0.3) is 0 Å². The second-order valence-corrected chi connectivity index (χ2v) is 6.44. The van der Waals surface area contributed by atoms with Crippen molar-refractivity contribution >= 4 is 29.9 Å². The van der Waals surface area contributed by atoms with Crippen LogP contribution in [-0.2, 0) is 20.0 Å². The van der Waals surface area contributed by atoms with Gasteiger partial charge in [0.2, 0.25) is 0 Å². The topological polar surface area (TPSA) is 32.6 Å². The number of aryl methyl sites for hydroxylation is 1. The fourth-order valence-electron chi connectivity index (χ4n) is 3.33. The highest BCUT2D eigenvalue weighted by Crippen LogP contribution is 2.21. The van der Waals surface area contributed by atoms with E-state index in [1.807, 2.05) is 38.5 Å². The maximum Gasteiger partial charge on any atom is 0.193 e. The van der Waals surface area contributed by atoms with Crippen molar-refractivity contribution in [1.82, 2.24) is 14.8 Å². The molecule has 1 saturated heterocycles. The monoisotopic (exact) mass is 456 g/mol. The summed E-state index contributed by atoms with van der Waals surface area (Å²) in [5.74, 6) is 1.37. The molecule has 0 amide bonds. The van der Waals surface area contributed by atoms with E-state index in [2.05, 4.69) is 25.8 Å². The molecule has 4 nitrogen and oxygen atoms in total. The lowest BCUT2D eigenvalue weighted by Crippen LogP contribution is -2.40. The van der Waals surface area contributed by atoms with Crippen molar-refractivity contribution in [2.24, 2.45) is 18.0 Å². The van der Waals surface area contributed by atoms with Gasteiger partial charge in [0.1, 0.15) is 5.82 Å². The highest BCUT2D eigenvalue weighted by Gasteiger charge is 2.25. The van der Waals surface area contributed by atoms with Crippen LogP contribution >= 0.6 is 24.0 Å². The lowest BCUT2D eigenvalue weighted by Gasteiger charge is -2.22. The summed E-state index contributed by atoms with van der Waals surface area (Å²) >= 11 is 0. The number of nitrogens with one attached hydrogen (secondary N) is 1. The summed E-state index contributed by atoms with van der Waals surface area (Å²) in [6.45, 7) is 2.78. The Labute approximate surface area is 166 Å². The first-order valence-electron chi connectivity index (χ1n) is 8.46. The van der Waals surface area contributed by atoms with Crippen molar-refractivity contribution in [3.8, 4) is 0 Å². The maximum atomic E-state index is 13.0. The molecule has 3 rings (SSSR count). The zero-order valence-electron chi connectivity index (χ0n) is 14.8. The second-order valence-electron chi connectivity index (χ2n) is 6.44. The fourth-order valence-corrected chi connectivity index (χ4v) is 3.33. The van der Waals surface area contributed by atoms with Crippen LogP contribution in [0.5, 0.6) is 0 Å². The number of hydrogen-bond acceptors (Lipinski definition) is 1. The van der Waals surface area contributed by atoms with Crippen LogP contribution < -0.4 is 5.32 Å². The van der Waals surface area contributed by atoms with E-state index in [1.54, 1.807) is 12.1 Å². The highest BCUT2D eigenvalue weighted by atomic mass is 127. The first kappa shape index (κ1) is 19.8. The Morgan fingerprint density at radius 2 is 2.04 bits per heavy atom. The standard InChI is InChI=1S/C19H25FN4.HI/c1-21-19(22-13-18-4-3-10-23(18)2)24-11-9-16(14-24)12-15-5-7-17(20)8-6-15;/h3-8,10,16H,9,11-14H2,1-2H3,(H,21,22);1H. The average molecular weight is 456 g/mol. The Kier molecular flexibility index (Phi) is 7.28. The van der Waals surface area contributed by atoms with E-state index in [4.69, 9.17) is 0 Å². The number of nitrogens with zero attached hydrogens (tertiary/aromatic N) is 3. The number of likely N-dealkylation sites (tertiary alicyclic amines) is 1. The van der Waals surface area contributed by atoms with Gasteiger partial charge in [0, 0.05) is 39.1 Å². The van der Waals surface area contributed by atoms with Gasteiger partial charge in [-0.25, -0.2) is 4.39 Å². The molecule has 2 aromatic rings. The van der Waals surface area contributed by atoms with Crippen LogP contribution in [0.1, 0.15) is 17.7 Å². The molecule has 6 heteroatoms. The summed E-state index contributed by atoms with van der Waals surface area (Å²) in [4.78, 5) is 6.74. The molecule has 0 spiro atoms. The molecule has 0 bridgehead atoms. The van der Waals surface area contributed by atoms with Crippen molar-refractivity contribution in [2.45, 2.75) is 19.4 Å². The Morgan fingerprint density at radius 3 is 2.68 bits per heavy atom. The number of guanidine groups is 1. The minimum absolute atomic E-state index is 0. The smallest absolute Gasteiger partial charge is 0.193 e. The molecular weight excluding hydrogens is 430 g/mol. The highest BCUT2D eigenvalue weighted by molar-refractivity contribution is 14.0. The molecule has 1 aromatic carbocycles. The van der Waals surface area contributed by atoms with Gasteiger partial charge in [-0.3, -0.25) is 4.99 Å². The molecule has 1 aliphatic heterocycles. The van der Waals surface area contributed by atoms with Crippen molar-refractivity contribution in [3.63, 3.8) is 0 Å². The Hall–Kier alpha value is -1.57. The predicted molar refractivity (Wildman–Crippen MR) is 111 cm³/mol. The third-order valence-electron chi connectivity index (χ3n) is 4.71. The molecule has 1 fully saturated rings. The summed E-state index contributed by atoms with van der Waals surface area (Å²) in [5, 5.41) is 3.45. The summed E-state index contributed by atoms with van der Waals surface area (Å²) < 4.78 is 15.1. The first-order valence-corrected chi connectivity index (χ1v) is 8.46. The summed E-state index contributed by atoms with van der Waals surface area (Å²) in [6.07, 6.45) is 4.18. The third kappa shape index (κ3) is 5.20. The first-order chi connectivity index (χ1) is 11.7. The van der Waals surface area contributed by atoms with E-state index in [1.165, 1.54) is 11.3 Å². The molecule has 1 N–H and O–H groups in total. The molecule has 0 aliphatic carbocycles. The molecule has 1 unspecified atom stereocenters. The van der Waals surface area contributed by atoms with Gasteiger partial charge in [-0.1, -0.05) is 12.1 Å². The predicted octanol–water partition coefficient (Wildman–Crippen LogP) is 3.42. The number of hydrogen-bond donors (Lipinski definition) is 1. The van der Waals surface area contributed by atoms with Gasteiger partial charge < -0.3 is 14.8 Å². The Bertz CT molecular complexity index is 696. The SMILES string of the molecule is CN=C(NCc1cccn1C)N1CCC(Cc2ccc(F)cc2)C1.I. The molecule has 1 aliphatic rings. The lowest BCUT2D eigenvalue weighted by molar-refractivity contribution is 0.458. The number of rotatable bonds is 4. The van der Waals surface area contributed by atoms with E-state index < -0.39 is 0 Å². The van der Waals surface area contributed by atoms with Gasteiger partial charge in [0.15, 0.2) is 5.96 Å². The number of aliphatic imine (C=N–C) groups is 1. The van der Waals surface area contributed by atoms with Crippen LogP contribution in [0.3, 0.4) is 0 Å².